The number of H-pyrrole nitrogens is 1. The molecule has 1 aromatic heterocycles. The van der Waals surface area contributed by atoms with Gasteiger partial charge in [-0.05, 0) is 44.7 Å². The molecule has 2 aliphatic rings. The van der Waals surface area contributed by atoms with Crippen LogP contribution in [0.15, 0.2) is 16.9 Å². The van der Waals surface area contributed by atoms with E-state index in [1.54, 1.807) is 17.8 Å². The summed E-state index contributed by atoms with van der Waals surface area (Å²) in [6.07, 6.45) is 4.59. The second-order valence-electron chi connectivity index (χ2n) is 6.83. The molecule has 1 saturated carbocycles. The zero-order chi connectivity index (χ0) is 19.2. The van der Waals surface area contributed by atoms with Crippen molar-refractivity contribution in [2.75, 3.05) is 19.7 Å². The monoisotopic (exact) mass is 393 g/mol. The molecule has 2 aromatic rings. The normalized spacial score (nSPS) is 17.4. The van der Waals surface area contributed by atoms with Crippen LogP contribution in [0, 0.1) is 11.7 Å². The Hall–Kier alpha value is -1.60. The van der Waals surface area contributed by atoms with Crippen LogP contribution in [0.5, 0.6) is 5.75 Å². The van der Waals surface area contributed by atoms with E-state index in [9.17, 15) is 9.18 Å². The summed E-state index contributed by atoms with van der Waals surface area (Å²) >= 11 is 1.80. The van der Waals surface area contributed by atoms with Gasteiger partial charge >= 0.3 is 0 Å². The number of piperidine rings is 1. The minimum absolute atomic E-state index is 0.00869. The van der Waals surface area contributed by atoms with E-state index in [1.165, 1.54) is 18.9 Å². The summed E-state index contributed by atoms with van der Waals surface area (Å²) in [4.78, 5) is 19.5. The van der Waals surface area contributed by atoms with Crippen molar-refractivity contribution >= 4 is 22.7 Å². The van der Waals surface area contributed by atoms with E-state index in [0.29, 0.717) is 40.6 Å². The number of rotatable bonds is 6. The molecule has 2 fully saturated rings. The van der Waals surface area contributed by atoms with Crippen molar-refractivity contribution < 1.29 is 9.13 Å². The van der Waals surface area contributed by atoms with Gasteiger partial charge in [-0.1, -0.05) is 13.8 Å². The van der Waals surface area contributed by atoms with Crippen molar-refractivity contribution in [3.63, 3.8) is 0 Å². The Labute approximate surface area is 163 Å². The Kier molecular flexibility index (Phi) is 7.13. The zero-order valence-corrected chi connectivity index (χ0v) is 16.8. The van der Waals surface area contributed by atoms with Gasteiger partial charge in [0, 0.05) is 17.4 Å². The fourth-order valence-corrected chi connectivity index (χ4v) is 4.16. The van der Waals surface area contributed by atoms with E-state index in [2.05, 4.69) is 15.3 Å². The fourth-order valence-electron chi connectivity index (χ4n) is 3.06. The number of halogens is 1. The van der Waals surface area contributed by atoms with Crippen LogP contribution in [0.25, 0.3) is 10.9 Å². The summed E-state index contributed by atoms with van der Waals surface area (Å²) in [5, 5.41) is 3.93. The first-order valence-corrected chi connectivity index (χ1v) is 10.9. The van der Waals surface area contributed by atoms with Crippen molar-refractivity contribution in [2.24, 2.45) is 5.92 Å². The Morgan fingerprint density at radius 3 is 2.67 bits per heavy atom. The topological polar surface area (TPSA) is 67.0 Å². The second kappa shape index (κ2) is 9.55. The Morgan fingerprint density at radius 2 is 1.96 bits per heavy atom. The van der Waals surface area contributed by atoms with Gasteiger partial charge in [0.15, 0.2) is 0 Å². The second-order valence-corrected chi connectivity index (χ2v) is 8.12. The molecule has 27 heavy (non-hydrogen) atoms. The quantitative estimate of drug-likeness (QED) is 0.780. The molecule has 7 heteroatoms. The highest BCUT2D eigenvalue weighted by atomic mass is 32.2. The largest absolute Gasteiger partial charge is 0.493 e. The lowest BCUT2D eigenvalue weighted by atomic mass is 10.2. The maximum absolute atomic E-state index is 14.3. The molecular formula is C20H28FN3O2S. The number of aromatic nitrogens is 2. The fraction of sp³-hybridized carbons (Fsp3) is 0.600. The van der Waals surface area contributed by atoms with Crippen LogP contribution < -0.4 is 15.6 Å². The van der Waals surface area contributed by atoms with Gasteiger partial charge in [-0.2, -0.15) is 11.8 Å². The van der Waals surface area contributed by atoms with Gasteiger partial charge in [0.05, 0.1) is 17.9 Å². The number of nitrogens with zero attached hydrogens (tertiary/aromatic N) is 1. The van der Waals surface area contributed by atoms with Crippen LogP contribution in [0.3, 0.4) is 0 Å². The number of fused-ring (bicyclic) bond motifs is 1. The molecule has 5 nitrogen and oxygen atoms in total. The molecule has 148 valence electrons. The average Bonchev–Trinajstić information content (AvgIpc) is 3.51. The molecule has 1 aromatic carbocycles. The molecule has 2 N–H and O–H groups in total. The molecule has 0 unspecified atom stereocenters. The molecule has 0 atom stereocenters. The minimum Gasteiger partial charge on any atom is -0.493 e. The van der Waals surface area contributed by atoms with Gasteiger partial charge in [0.2, 0.25) is 0 Å². The number of nitrogens with one attached hydrogen (secondary N) is 2. The Morgan fingerprint density at radius 1 is 1.22 bits per heavy atom. The predicted molar refractivity (Wildman–Crippen MR) is 109 cm³/mol. The maximum Gasteiger partial charge on any atom is 0.261 e. The zero-order valence-electron chi connectivity index (χ0n) is 16.0. The lowest BCUT2D eigenvalue weighted by Crippen LogP contribution is -2.29. The molecule has 0 radical (unpaired) electrons. The first-order valence-electron chi connectivity index (χ1n) is 9.86. The predicted octanol–water partition coefficient (Wildman–Crippen LogP) is 3.86. The summed E-state index contributed by atoms with van der Waals surface area (Å²) in [5.41, 5.74) is -0.0485. The molecule has 0 bridgehead atoms. The smallest absolute Gasteiger partial charge is 0.261 e. The number of hydrogen-bond acceptors (Lipinski definition) is 5. The third kappa shape index (κ3) is 5.45. The highest BCUT2D eigenvalue weighted by Gasteiger charge is 2.22. The molecule has 0 spiro atoms. The third-order valence-corrected chi connectivity index (χ3v) is 6.09. The number of thioether (sulfide) groups is 1. The van der Waals surface area contributed by atoms with Crippen LogP contribution >= 0.6 is 11.8 Å². The summed E-state index contributed by atoms with van der Waals surface area (Å²) in [7, 11) is 0. The Bertz CT molecular complexity index is 817. The van der Waals surface area contributed by atoms with Crippen molar-refractivity contribution in [1.29, 1.82) is 0 Å². The van der Waals surface area contributed by atoms with E-state index in [-0.39, 0.29) is 5.39 Å². The van der Waals surface area contributed by atoms with Crippen molar-refractivity contribution in [3.05, 3.63) is 34.1 Å². The van der Waals surface area contributed by atoms with Gasteiger partial charge in [0.1, 0.15) is 22.8 Å². The maximum atomic E-state index is 14.3. The van der Waals surface area contributed by atoms with E-state index in [0.717, 1.165) is 25.9 Å². The molecule has 1 aliphatic heterocycles. The molecule has 2 heterocycles. The van der Waals surface area contributed by atoms with Crippen LogP contribution in [-0.4, -0.2) is 34.9 Å². The minimum atomic E-state index is -0.574. The van der Waals surface area contributed by atoms with E-state index >= 15 is 0 Å². The summed E-state index contributed by atoms with van der Waals surface area (Å²) in [5.74, 6) is 1.69. The SMILES string of the molecule is CC.O=c1[nH]c(CSC2CCNCC2)nc2cc(OCC3CC3)cc(F)c12. The highest BCUT2D eigenvalue weighted by molar-refractivity contribution is 7.99. The first-order chi connectivity index (χ1) is 13.2. The van der Waals surface area contributed by atoms with Crippen LogP contribution in [0.2, 0.25) is 0 Å². The molecule has 4 rings (SSSR count). The van der Waals surface area contributed by atoms with Crippen LogP contribution in [0.1, 0.15) is 45.4 Å². The standard InChI is InChI=1S/C18H22FN3O2S.C2H6/c19-14-7-12(24-9-11-1-2-11)8-15-17(14)18(23)22-16(21-15)10-25-13-3-5-20-6-4-13;1-2/h7-8,11,13,20H,1-6,9-10H2,(H,21,22,23);1-2H3. The molecular weight excluding hydrogens is 365 g/mol. The Balaban J connectivity index is 0.00000102. The van der Waals surface area contributed by atoms with Gasteiger partial charge in [-0.25, -0.2) is 9.37 Å². The lowest BCUT2D eigenvalue weighted by Gasteiger charge is -2.21. The highest BCUT2D eigenvalue weighted by Crippen LogP contribution is 2.30. The lowest BCUT2D eigenvalue weighted by molar-refractivity contribution is 0.299. The van der Waals surface area contributed by atoms with E-state index in [1.807, 2.05) is 13.8 Å². The number of ether oxygens (including phenoxy) is 1. The molecule has 0 amide bonds. The average molecular weight is 394 g/mol. The van der Waals surface area contributed by atoms with Crippen molar-refractivity contribution in [1.82, 2.24) is 15.3 Å². The summed E-state index contributed by atoms with van der Waals surface area (Å²) in [6, 6.07) is 2.96. The number of benzene rings is 1. The summed E-state index contributed by atoms with van der Waals surface area (Å²) in [6.45, 7) is 6.67. The van der Waals surface area contributed by atoms with Gasteiger partial charge in [-0.3, -0.25) is 4.79 Å². The van der Waals surface area contributed by atoms with Gasteiger partial charge < -0.3 is 15.0 Å². The summed E-state index contributed by atoms with van der Waals surface area (Å²) < 4.78 is 20.0. The molecule has 1 saturated heterocycles. The van der Waals surface area contributed by atoms with Crippen molar-refractivity contribution in [2.45, 2.75) is 50.5 Å². The van der Waals surface area contributed by atoms with E-state index in [4.69, 9.17) is 4.74 Å². The van der Waals surface area contributed by atoms with Crippen LogP contribution in [-0.2, 0) is 5.75 Å². The van der Waals surface area contributed by atoms with Crippen LogP contribution in [0.4, 0.5) is 4.39 Å². The van der Waals surface area contributed by atoms with E-state index < -0.39 is 11.4 Å². The number of aromatic amines is 1. The molecule has 1 aliphatic carbocycles. The third-order valence-electron chi connectivity index (χ3n) is 4.71. The van der Waals surface area contributed by atoms with Crippen molar-refractivity contribution in [3.8, 4) is 5.75 Å². The van der Waals surface area contributed by atoms with Gasteiger partial charge in [-0.15, -0.1) is 0 Å². The number of hydrogen-bond donors (Lipinski definition) is 2. The first kappa shape index (κ1) is 20.1. The van der Waals surface area contributed by atoms with Gasteiger partial charge in [0.25, 0.3) is 5.56 Å².